The SMILES string of the molecule is CCNC(c1nc(C(C)C)cs1)c1cccc(Cl)c1F. The van der Waals surface area contributed by atoms with Crippen LogP contribution in [-0.2, 0) is 0 Å². The monoisotopic (exact) mass is 312 g/mol. The van der Waals surface area contributed by atoms with Gasteiger partial charge in [0.25, 0.3) is 0 Å². The Morgan fingerprint density at radius 3 is 2.75 bits per heavy atom. The van der Waals surface area contributed by atoms with Crippen LogP contribution in [0.4, 0.5) is 4.39 Å². The number of hydrogen-bond acceptors (Lipinski definition) is 3. The van der Waals surface area contributed by atoms with Crippen LogP contribution < -0.4 is 5.32 Å². The summed E-state index contributed by atoms with van der Waals surface area (Å²) in [4.78, 5) is 4.62. The predicted octanol–water partition coefficient (Wildman–Crippen LogP) is 4.76. The molecule has 0 fully saturated rings. The number of aromatic nitrogens is 1. The first-order valence-electron chi connectivity index (χ1n) is 6.67. The number of thiazole rings is 1. The molecule has 1 heterocycles. The van der Waals surface area contributed by atoms with Crippen molar-refractivity contribution in [2.24, 2.45) is 0 Å². The highest BCUT2D eigenvalue weighted by Gasteiger charge is 2.22. The van der Waals surface area contributed by atoms with Crippen LogP contribution in [0.15, 0.2) is 23.6 Å². The quantitative estimate of drug-likeness (QED) is 0.861. The largest absolute Gasteiger partial charge is 0.304 e. The molecular weight excluding hydrogens is 295 g/mol. The Balaban J connectivity index is 2.42. The van der Waals surface area contributed by atoms with Crippen molar-refractivity contribution in [1.82, 2.24) is 10.3 Å². The number of rotatable bonds is 5. The molecule has 0 radical (unpaired) electrons. The zero-order valence-corrected chi connectivity index (χ0v) is 13.4. The summed E-state index contributed by atoms with van der Waals surface area (Å²) in [5.41, 5.74) is 1.58. The summed E-state index contributed by atoms with van der Waals surface area (Å²) in [6.07, 6.45) is 0. The molecule has 1 aromatic heterocycles. The minimum atomic E-state index is -0.374. The van der Waals surface area contributed by atoms with Crippen molar-refractivity contribution >= 4 is 22.9 Å². The van der Waals surface area contributed by atoms with E-state index in [1.807, 2.05) is 12.3 Å². The normalized spacial score (nSPS) is 12.9. The highest BCUT2D eigenvalue weighted by Crippen LogP contribution is 2.31. The Hall–Kier alpha value is -0.970. The number of benzene rings is 1. The van der Waals surface area contributed by atoms with E-state index < -0.39 is 0 Å². The van der Waals surface area contributed by atoms with E-state index in [1.165, 1.54) is 0 Å². The third-order valence-corrected chi connectivity index (χ3v) is 4.30. The van der Waals surface area contributed by atoms with Gasteiger partial charge in [-0.25, -0.2) is 9.37 Å². The average Bonchev–Trinajstić information content (AvgIpc) is 2.89. The predicted molar refractivity (Wildman–Crippen MR) is 83.1 cm³/mol. The molecule has 0 spiro atoms. The van der Waals surface area contributed by atoms with E-state index in [-0.39, 0.29) is 16.9 Å². The second-order valence-electron chi connectivity index (χ2n) is 4.90. The lowest BCUT2D eigenvalue weighted by atomic mass is 10.1. The molecule has 5 heteroatoms. The van der Waals surface area contributed by atoms with Crippen molar-refractivity contribution in [1.29, 1.82) is 0 Å². The first-order valence-corrected chi connectivity index (χ1v) is 7.93. The van der Waals surface area contributed by atoms with E-state index in [9.17, 15) is 4.39 Å². The van der Waals surface area contributed by atoms with Crippen LogP contribution in [0.1, 0.15) is 49.0 Å². The fraction of sp³-hybridized carbons (Fsp3) is 0.400. The number of nitrogens with zero attached hydrogens (tertiary/aromatic N) is 1. The van der Waals surface area contributed by atoms with E-state index in [0.717, 1.165) is 17.2 Å². The summed E-state index contributed by atoms with van der Waals surface area (Å²) in [5.74, 6) is -0.00658. The summed E-state index contributed by atoms with van der Waals surface area (Å²) in [6.45, 7) is 6.92. The fourth-order valence-corrected chi connectivity index (χ4v) is 3.23. The lowest BCUT2D eigenvalue weighted by Crippen LogP contribution is -2.23. The van der Waals surface area contributed by atoms with Crippen molar-refractivity contribution in [2.75, 3.05) is 6.54 Å². The van der Waals surface area contributed by atoms with Gasteiger partial charge >= 0.3 is 0 Å². The highest BCUT2D eigenvalue weighted by atomic mass is 35.5. The second kappa shape index (κ2) is 6.66. The molecule has 20 heavy (non-hydrogen) atoms. The topological polar surface area (TPSA) is 24.9 Å². The molecule has 1 aromatic carbocycles. The molecule has 1 atom stereocenters. The minimum Gasteiger partial charge on any atom is -0.304 e. The summed E-state index contributed by atoms with van der Waals surface area (Å²) >= 11 is 7.43. The van der Waals surface area contributed by atoms with Crippen LogP contribution in [0.2, 0.25) is 5.02 Å². The van der Waals surface area contributed by atoms with E-state index in [1.54, 1.807) is 29.5 Å². The molecule has 0 aliphatic carbocycles. The van der Waals surface area contributed by atoms with Gasteiger partial charge in [-0.05, 0) is 18.5 Å². The molecule has 0 aliphatic heterocycles. The maximum absolute atomic E-state index is 14.2. The first kappa shape index (κ1) is 15.4. The lowest BCUT2D eigenvalue weighted by Gasteiger charge is -2.17. The third-order valence-electron chi connectivity index (χ3n) is 3.08. The second-order valence-corrected chi connectivity index (χ2v) is 6.20. The standard InChI is InChI=1S/C15H18ClFN2S/c1-4-18-14(10-6-5-7-11(16)13(10)17)15-19-12(8-20-15)9(2)3/h5-9,14,18H,4H2,1-3H3. The average molecular weight is 313 g/mol. The smallest absolute Gasteiger partial charge is 0.146 e. The van der Waals surface area contributed by atoms with Crippen molar-refractivity contribution in [2.45, 2.75) is 32.7 Å². The van der Waals surface area contributed by atoms with Gasteiger partial charge in [0.2, 0.25) is 0 Å². The molecule has 2 rings (SSSR count). The molecule has 0 saturated heterocycles. The molecule has 1 unspecified atom stereocenters. The van der Waals surface area contributed by atoms with Crippen LogP contribution in [0, 0.1) is 5.82 Å². The number of halogens is 2. The van der Waals surface area contributed by atoms with Gasteiger partial charge in [0.05, 0.1) is 16.8 Å². The molecule has 2 nitrogen and oxygen atoms in total. The molecule has 0 amide bonds. The maximum atomic E-state index is 14.2. The van der Waals surface area contributed by atoms with Crippen LogP contribution in [0.25, 0.3) is 0 Å². The molecule has 0 aliphatic rings. The molecule has 108 valence electrons. The van der Waals surface area contributed by atoms with E-state index in [2.05, 4.69) is 24.1 Å². The Morgan fingerprint density at radius 2 is 2.15 bits per heavy atom. The molecule has 2 aromatic rings. The summed E-state index contributed by atoms with van der Waals surface area (Å²) in [5, 5.41) is 6.34. The maximum Gasteiger partial charge on any atom is 0.146 e. The summed E-state index contributed by atoms with van der Waals surface area (Å²) < 4.78 is 14.2. The zero-order valence-electron chi connectivity index (χ0n) is 11.8. The van der Waals surface area contributed by atoms with Gasteiger partial charge in [-0.2, -0.15) is 0 Å². The van der Waals surface area contributed by atoms with Gasteiger partial charge in [0.15, 0.2) is 0 Å². The van der Waals surface area contributed by atoms with E-state index in [4.69, 9.17) is 11.6 Å². The van der Waals surface area contributed by atoms with Gasteiger partial charge in [0.1, 0.15) is 10.8 Å². The first-order chi connectivity index (χ1) is 9.54. The van der Waals surface area contributed by atoms with Crippen LogP contribution in [0.3, 0.4) is 0 Å². The molecular formula is C15H18ClFN2S. The van der Waals surface area contributed by atoms with Crippen LogP contribution in [0.5, 0.6) is 0 Å². The molecule has 0 saturated carbocycles. The van der Waals surface area contributed by atoms with E-state index in [0.29, 0.717) is 11.5 Å². The Morgan fingerprint density at radius 1 is 1.40 bits per heavy atom. The van der Waals surface area contributed by atoms with Crippen molar-refractivity contribution < 1.29 is 4.39 Å². The Kier molecular flexibility index (Phi) is 5.13. The van der Waals surface area contributed by atoms with Gasteiger partial charge in [-0.3, -0.25) is 0 Å². The minimum absolute atomic E-state index is 0.144. The lowest BCUT2D eigenvalue weighted by molar-refractivity contribution is 0.556. The third kappa shape index (κ3) is 3.19. The van der Waals surface area contributed by atoms with Crippen LogP contribution >= 0.6 is 22.9 Å². The van der Waals surface area contributed by atoms with Crippen molar-refractivity contribution in [3.05, 3.63) is 50.7 Å². The van der Waals surface area contributed by atoms with Gasteiger partial charge in [-0.15, -0.1) is 11.3 Å². The summed E-state index contributed by atoms with van der Waals surface area (Å²) in [6, 6.07) is 4.83. The zero-order chi connectivity index (χ0) is 14.7. The number of hydrogen-bond donors (Lipinski definition) is 1. The van der Waals surface area contributed by atoms with Crippen molar-refractivity contribution in [3.63, 3.8) is 0 Å². The Labute approximate surface area is 128 Å². The Bertz CT molecular complexity index is 583. The number of nitrogens with one attached hydrogen (secondary N) is 1. The molecule has 1 N–H and O–H groups in total. The van der Waals surface area contributed by atoms with Crippen molar-refractivity contribution in [3.8, 4) is 0 Å². The molecule has 0 bridgehead atoms. The fourth-order valence-electron chi connectivity index (χ4n) is 1.98. The van der Waals surface area contributed by atoms with Crippen LogP contribution in [-0.4, -0.2) is 11.5 Å². The van der Waals surface area contributed by atoms with Gasteiger partial charge in [0, 0.05) is 10.9 Å². The van der Waals surface area contributed by atoms with Gasteiger partial charge in [-0.1, -0.05) is 44.5 Å². The summed E-state index contributed by atoms with van der Waals surface area (Å²) in [7, 11) is 0. The highest BCUT2D eigenvalue weighted by molar-refractivity contribution is 7.09. The van der Waals surface area contributed by atoms with Gasteiger partial charge < -0.3 is 5.32 Å². The van der Waals surface area contributed by atoms with E-state index >= 15 is 0 Å².